The number of aryl methyl sites for hydroxylation is 2. The first-order valence-corrected chi connectivity index (χ1v) is 10.0. The second-order valence-corrected chi connectivity index (χ2v) is 7.98. The molecule has 4 nitrogen and oxygen atoms in total. The fraction of sp³-hybridized carbons (Fsp3) is 0.429. The Labute approximate surface area is 158 Å². The third kappa shape index (κ3) is 3.98. The van der Waals surface area contributed by atoms with Crippen LogP contribution in [0.4, 0.5) is 5.69 Å². The minimum absolute atomic E-state index is 0.307. The summed E-state index contributed by atoms with van der Waals surface area (Å²) in [5, 5.41) is 2.91. The van der Waals surface area contributed by atoms with Crippen molar-refractivity contribution in [2.24, 2.45) is 0 Å². The van der Waals surface area contributed by atoms with Crippen molar-refractivity contribution in [1.29, 1.82) is 0 Å². The molecule has 0 fully saturated rings. The summed E-state index contributed by atoms with van der Waals surface area (Å²) >= 11 is 1.49. The van der Waals surface area contributed by atoms with Gasteiger partial charge >= 0.3 is 5.97 Å². The van der Waals surface area contributed by atoms with Gasteiger partial charge in [-0.1, -0.05) is 32.0 Å². The molecule has 0 radical (unpaired) electrons. The molecule has 0 bridgehead atoms. The van der Waals surface area contributed by atoms with Gasteiger partial charge in [0.25, 0.3) is 5.91 Å². The predicted octanol–water partition coefficient (Wildman–Crippen LogP) is 4.93. The first kappa shape index (κ1) is 18.6. The zero-order valence-electron chi connectivity index (χ0n) is 15.5. The molecule has 0 spiro atoms. The molecule has 1 aliphatic carbocycles. The number of anilines is 1. The van der Waals surface area contributed by atoms with Gasteiger partial charge in [0.05, 0.1) is 0 Å². The summed E-state index contributed by atoms with van der Waals surface area (Å²) in [7, 11) is 0. The molecule has 0 aliphatic heterocycles. The van der Waals surface area contributed by atoms with Crippen molar-refractivity contribution in [3.63, 3.8) is 0 Å². The fourth-order valence-corrected chi connectivity index (χ4v) is 4.33. The zero-order valence-corrected chi connectivity index (χ0v) is 16.3. The van der Waals surface area contributed by atoms with Crippen molar-refractivity contribution in [3.05, 3.63) is 51.2 Å². The van der Waals surface area contributed by atoms with E-state index in [0.717, 1.165) is 36.9 Å². The Morgan fingerprint density at radius 2 is 2.00 bits per heavy atom. The third-order valence-electron chi connectivity index (χ3n) is 4.96. The molecule has 0 saturated heterocycles. The molecular weight excluding hydrogens is 346 g/mol. The molecule has 1 aromatic heterocycles. The Bertz CT molecular complexity index is 790. The minimum atomic E-state index is -0.843. The highest BCUT2D eigenvalue weighted by Gasteiger charge is 2.24. The number of hydrogen-bond donors (Lipinski definition) is 1. The molecule has 26 heavy (non-hydrogen) atoms. The zero-order chi connectivity index (χ0) is 18.7. The van der Waals surface area contributed by atoms with E-state index in [1.54, 1.807) is 6.92 Å². The smallest absolute Gasteiger partial charge is 0.349 e. The second kappa shape index (κ2) is 8.04. The van der Waals surface area contributed by atoms with Crippen molar-refractivity contribution in [3.8, 4) is 0 Å². The van der Waals surface area contributed by atoms with Crippen LogP contribution in [0, 0.1) is 0 Å². The van der Waals surface area contributed by atoms with E-state index in [1.165, 1.54) is 21.8 Å². The Hall–Kier alpha value is -2.14. The lowest BCUT2D eigenvalue weighted by Crippen LogP contribution is -2.30. The van der Waals surface area contributed by atoms with Crippen molar-refractivity contribution in [2.45, 2.75) is 58.5 Å². The number of benzene rings is 1. The van der Waals surface area contributed by atoms with Crippen LogP contribution < -0.4 is 5.32 Å². The van der Waals surface area contributed by atoms with Crippen molar-refractivity contribution in [1.82, 2.24) is 0 Å². The molecule has 1 amide bonds. The third-order valence-corrected chi connectivity index (χ3v) is 6.18. The van der Waals surface area contributed by atoms with Crippen molar-refractivity contribution < 1.29 is 14.3 Å². The minimum Gasteiger partial charge on any atom is -0.448 e. The van der Waals surface area contributed by atoms with Gasteiger partial charge in [-0.05, 0) is 61.8 Å². The van der Waals surface area contributed by atoms with E-state index < -0.39 is 12.1 Å². The summed E-state index contributed by atoms with van der Waals surface area (Å²) in [4.78, 5) is 26.7. The number of amides is 1. The average Bonchev–Trinajstić information content (AvgIpc) is 3.23. The topological polar surface area (TPSA) is 55.4 Å². The summed E-state index contributed by atoms with van der Waals surface area (Å²) in [6, 6.07) is 9.69. The van der Waals surface area contributed by atoms with Gasteiger partial charge in [-0.25, -0.2) is 4.79 Å². The lowest BCUT2D eigenvalue weighted by Gasteiger charge is -2.18. The van der Waals surface area contributed by atoms with E-state index >= 15 is 0 Å². The van der Waals surface area contributed by atoms with Gasteiger partial charge in [0.2, 0.25) is 0 Å². The number of rotatable bonds is 6. The number of fused-ring (bicyclic) bond motifs is 1. The highest BCUT2D eigenvalue weighted by Crippen LogP contribution is 2.31. The standard InChI is InChI=1S/C21H25NO3S/c1-4-13(2)16-9-5-6-10-17(16)22-20(23)14(3)25-21(24)19-12-15-8-7-11-18(15)26-19/h5-6,9-10,12-14H,4,7-8,11H2,1-3H3,(H,22,23)/t13-,14+/m0/s1. The van der Waals surface area contributed by atoms with Crippen LogP contribution in [0.25, 0.3) is 0 Å². The maximum atomic E-state index is 12.5. The Balaban J connectivity index is 1.64. The number of carbonyl (C=O) groups excluding carboxylic acids is 2. The number of hydrogen-bond acceptors (Lipinski definition) is 4. The normalized spacial score (nSPS) is 15.2. The summed E-state index contributed by atoms with van der Waals surface area (Å²) in [5.74, 6) is -0.377. The number of ether oxygens (including phenoxy) is 1. The molecule has 1 aliphatic rings. The Morgan fingerprint density at radius 1 is 1.23 bits per heavy atom. The van der Waals surface area contributed by atoms with Crippen LogP contribution in [0.1, 0.15) is 65.2 Å². The maximum absolute atomic E-state index is 12.5. The van der Waals surface area contributed by atoms with Gasteiger partial charge in [0.15, 0.2) is 6.10 Å². The highest BCUT2D eigenvalue weighted by molar-refractivity contribution is 7.14. The van der Waals surface area contributed by atoms with Gasteiger partial charge < -0.3 is 10.1 Å². The molecule has 2 atom stereocenters. The van der Waals surface area contributed by atoms with Gasteiger partial charge in [0.1, 0.15) is 4.88 Å². The molecule has 5 heteroatoms. The van der Waals surface area contributed by atoms with Crippen molar-refractivity contribution >= 4 is 28.9 Å². The van der Waals surface area contributed by atoms with Gasteiger partial charge in [-0.15, -0.1) is 11.3 Å². The van der Waals surface area contributed by atoms with E-state index in [1.807, 2.05) is 30.3 Å². The average molecular weight is 372 g/mol. The molecule has 1 aromatic carbocycles. The van der Waals surface area contributed by atoms with Crippen LogP contribution in [0.3, 0.4) is 0 Å². The number of thiophene rings is 1. The molecule has 0 saturated carbocycles. The highest BCUT2D eigenvalue weighted by atomic mass is 32.1. The fourth-order valence-electron chi connectivity index (χ4n) is 3.20. The first-order valence-electron chi connectivity index (χ1n) is 9.22. The summed E-state index contributed by atoms with van der Waals surface area (Å²) in [6.45, 7) is 5.86. The lowest BCUT2D eigenvalue weighted by atomic mass is 9.97. The largest absolute Gasteiger partial charge is 0.448 e. The van der Waals surface area contributed by atoms with Gasteiger partial charge in [0, 0.05) is 10.6 Å². The first-order chi connectivity index (χ1) is 12.5. The van der Waals surface area contributed by atoms with E-state index in [0.29, 0.717) is 10.8 Å². The number of esters is 1. The second-order valence-electron chi connectivity index (χ2n) is 6.85. The molecule has 138 valence electrons. The van der Waals surface area contributed by atoms with Gasteiger partial charge in [-0.3, -0.25) is 4.79 Å². The Morgan fingerprint density at radius 3 is 2.73 bits per heavy atom. The predicted molar refractivity (Wildman–Crippen MR) is 105 cm³/mol. The van der Waals surface area contributed by atoms with Crippen LogP contribution in [0.5, 0.6) is 0 Å². The quantitative estimate of drug-likeness (QED) is 0.732. The van der Waals surface area contributed by atoms with Crippen molar-refractivity contribution in [2.75, 3.05) is 5.32 Å². The molecule has 1 heterocycles. The van der Waals surface area contributed by atoms with E-state index in [4.69, 9.17) is 4.74 Å². The molecular formula is C21H25NO3S. The number of para-hydroxylation sites is 1. The van der Waals surface area contributed by atoms with Crippen LogP contribution in [-0.2, 0) is 22.4 Å². The number of carbonyl (C=O) groups is 2. The molecule has 1 N–H and O–H groups in total. The Kier molecular flexibility index (Phi) is 5.77. The summed E-state index contributed by atoms with van der Waals surface area (Å²) in [6.07, 6.45) is 3.37. The molecule has 0 unspecified atom stereocenters. The lowest BCUT2D eigenvalue weighted by molar-refractivity contribution is -0.123. The summed E-state index contributed by atoms with van der Waals surface area (Å²) < 4.78 is 5.39. The number of nitrogens with one attached hydrogen (secondary N) is 1. The van der Waals surface area contributed by atoms with Crippen LogP contribution in [0.2, 0.25) is 0 Å². The van der Waals surface area contributed by atoms with E-state index in [-0.39, 0.29) is 5.91 Å². The van der Waals surface area contributed by atoms with Crippen LogP contribution >= 0.6 is 11.3 Å². The van der Waals surface area contributed by atoms with E-state index in [2.05, 4.69) is 19.2 Å². The van der Waals surface area contributed by atoms with Crippen LogP contribution in [0.15, 0.2) is 30.3 Å². The molecule has 2 aromatic rings. The SMILES string of the molecule is CC[C@H](C)c1ccccc1NC(=O)[C@@H](C)OC(=O)c1cc2c(s1)CCC2. The molecule has 3 rings (SSSR count). The monoisotopic (exact) mass is 371 g/mol. The van der Waals surface area contributed by atoms with E-state index in [9.17, 15) is 9.59 Å². The maximum Gasteiger partial charge on any atom is 0.349 e. The van der Waals surface area contributed by atoms with Crippen LogP contribution in [-0.4, -0.2) is 18.0 Å². The summed E-state index contributed by atoms with van der Waals surface area (Å²) in [5.41, 5.74) is 3.13. The van der Waals surface area contributed by atoms with Gasteiger partial charge in [-0.2, -0.15) is 0 Å².